The molecule has 2 aromatic heterocycles. The van der Waals surface area contributed by atoms with E-state index in [0.717, 1.165) is 22.5 Å². The molecular weight excluding hydrogens is 372 g/mol. The van der Waals surface area contributed by atoms with Crippen LogP contribution in [0.5, 0.6) is 0 Å². The van der Waals surface area contributed by atoms with Gasteiger partial charge in [0, 0.05) is 16.4 Å². The molecule has 28 heavy (non-hydrogen) atoms. The number of amides is 1. The van der Waals surface area contributed by atoms with Crippen molar-refractivity contribution in [1.82, 2.24) is 14.8 Å². The molecule has 1 amide bonds. The van der Waals surface area contributed by atoms with E-state index in [9.17, 15) is 4.79 Å². The highest BCUT2D eigenvalue weighted by molar-refractivity contribution is 6.31. The predicted octanol–water partition coefficient (Wildman–Crippen LogP) is 5.25. The van der Waals surface area contributed by atoms with Crippen LogP contribution in [0.15, 0.2) is 54.6 Å². The summed E-state index contributed by atoms with van der Waals surface area (Å²) in [7, 11) is 0. The Morgan fingerprint density at radius 3 is 2.50 bits per heavy atom. The third kappa shape index (κ3) is 3.37. The number of aromatic nitrogens is 3. The second kappa shape index (κ2) is 7.09. The summed E-state index contributed by atoms with van der Waals surface area (Å²) in [5, 5.41) is 8.87. The third-order valence-corrected chi connectivity index (χ3v) is 4.78. The van der Waals surface area contributed by atoms with E-state index in [0.29, 0.717) is 21.9 Å². The highest BCUT2D eigenvalue weighted by Gasteiger charge is 2.19. The molecule has 0 aliphatic carbocycles. The van der Waals surface area contributed by atoms with E-state index in [1.807, 2.05) is 45.0 Å². The minimum absolute atomic E-state index is 0.218. The minimum Gasteiger partial charge on any atom is -0.322 e. The number of rotatable bonds is 3. The standard InChI is InChI=1S/C22H19ClN4O/c1-13-7-9-18(10-8-13)27-21-20(15(3)26-27)19(11-14(2)24-21)22(28)25-17-6-4-5-16(23)12-17/h4-12H,1-3H3,(H,25,28). The normalized spacial score (nSPS) is 11.0. The van der Waals surface area contributed by atoms with Crippen molar-refractivity contribution in [1.29, 1.82) is 0 Å². The first-order valence-electron chi connectivity index (χ1n) is 8.93. The number of hydrogen-bond acceptors (Lipinski definition) is 3. The van der Waals surface area contributed by atoms with Crippen LogP contribution in [0.2, 0.25) is 5.02 Å². The van der Waals surface area contributed by atoms with E-state index in [2.05, 4.69) is 15.4 Å². The van der Waals surface area contributed by atoms with Gasteiger partial charge in [-0.05, 0) is 57.2 Å². The number of halogens is 1. The zero-order valence-corrected chi connectivity index (χ0v) is 16.6. The Hall–Kier alpha value is -3.18. The van der Waals surface area contributed by atoms with Crippen molar-refractivity contribution >= 4 is 34.2 Å². The zero-order valence-electron chi connectivity index (χ0n) is 15.8. The van der Waals surface area contributed by atoms with Crippen LogP contribution in [0.25, 0.3) is 16.7 Å². The molecule has 0 saturated carbocycles. The van der Waals surface area contributed by atoms with Gasteiger partial charge in [-0.2, -0.15) is 5.10 Å². The predicted molar refractivity (Wildman–Crippen MR) is 112 cm³/mol. The summed E-state index contributed by atoms with van der Waals surface area (Å²) < 4.78 is 1.78. The van der Waals surface area contributed by atoms with Crippen LogP contribution in [0.3, 0.4) is 0 Å². The molecule has 0 bridgehead atoms. The third-order valence-electron chi connectivity index (χ3n) is 4.55. The van der Waals surface area contributed by atoms with E-state index in [4.69, 9.17) is 11.6 Å². The van der Waals surface area contributed by atoms with E-state index in [1.54, 1.807) is 35.0 Å². The Morgan fingerprint density at radius 1 is 1.04 bits per heavy atom. The molecule has 0 fully saturated rings. The second-order valence-corrected chi connectivity index (χ2v) is 7.24. The summed E-state index contributed by atoms with van der Waals surface area (Å²) >= 11 is 6.03. The van der Waals surface area contributed by atoms with Gasteiger partial charge in [0.2, 0.25) is 0 Å². The lowest BCUT2D eigenvalue weighted by molar-refractivity contribution is 0.102. The van der Waals surface area contributed by atoms with Crippen molar-refractivity contribution in [2.75, 3.05) is 5.32 Å². The number of nitrogens with zero attached hydrogens (tertiary/aromatic N) is 3. The zero-order chi connectivity index (χ0) is 19.8. The first kappa shape index (κ1) is 18.2. The van der Waals surface area contributed by atoms with Gasteiger partial charge in [0.25, 0.3) is 5.91 Å². The molecule has 0 radical (unpaired) electrons. The van der Waals surface area contributed by atoms with Gasteiger partial charge in [0.05, 0.1) is 22.3 Å². The van der Waals surface area contributed by atoms with Crippen molar-refractivity contribution in [3.63, 3.8) is 0 Å². The van der Waals surface area contributed by atoms with Crippen LogP contribution in [0, 0.1) is 20.8 Å². The van der Waals surface area contributed by atoms with E-state index in [-0.39, 0.29) is 5.91 Å². The topological polar surface area (TPSA) is 59.8 Å². The molecule has 1 N–H and O–H groups in total. The fraction of sp³-hybridized carbons (Fsp3) is 0.136. The summed E-state index contributed by atoms with van der Waals surface area (Å²) in [6.07, 6.45) is 0. The van der Waals surface area contributed by atoms with Gasteiger partial charge in [0.15, 0.2) is 5.65 Å². The Kier molecular flexibility index (Phi) is 4.61. The highest BCUT2D eigenvalue weighted by Crippen LogP contribution is 2.26. The Morgan fingerprint density at radius 2 is 1.79 bits per heavy atom. The maximum Gasteiger partial charge on any atom is 0.256 e. The molecular formula is C22H19ClN4O. The Labute approximate surface area is 168 Å². The summed E-state index contributed by atoms with van der Waals surface area (Å²) in [5.74, 6) is -0.218. The SMILES string of the molecule is Cc1ccc(-n2nc(C)c3c(C(=O)Nc4cccc(Cl)c4)cc(C)nc32)cc1. The van der Waals surface area contributed by atoms with Gasteiger partial charge >= 0.3 is 0 Å². The first-order chi connectivity index (χ1) is 13.4. The Bertz CT molecular complexity index is 1200. The van der Waals surface area contributed by atoms with E-state index < -0.39 is 0 Å². The molecule has 2 aromatic carbocycles. The highest BCUT2D eigenvalue weighted by atomic mass is 35.5. The second-order valence-electron chi connectivity index (χ2n) is 6.81. The quantitative estimate of drug-likeness (QED) is 0.519. The van der Waals surface area contributed by atoms with Gasteiger partial charge < -0.3 is 5.32 Å². The van der Waals surface area contributed by atoms with Crippen molar-refractivity contribution < 1.29 is 4.79 Å². The number of pyridine rings is 1. The first-order valence-corrected chi connectivity index (χ1v) is 9.31. The maximum atomic E-state index is 13.0. The number of carbonyl (C=O) groups excluding carboxylic acids is 1. The largest absolute Gasteiger partial charge is 0.322 e. The van der Waals surface area contributed by atoms with Crippen LogP contribution >= 0.6 is 11.6 Å². The number of carbonyl (C=O) groups is 1. The fourth-order valence-electron chi connectivity index (χ4n) is 3.22. The molecule has 140 valence electrons. The molecule has 2 heterocycles. The number of anilines is 1. The van der Waals surface area contributed by atoms with Crippen molar-refractivity contribution in [3.8, 4) is 5.69 Å². The molecule has 4 rings (SSSR count). The van der Waals surface area contributed by atoms with E-state index in [1.165, 1.54) is 5.56 Å². The fourth-order valence-corrected chi connectivity index (χ4v) is 3.41. The molecule has 0 saturated heterocycles. The van der Waals surface area contributed by atoms with Crippen LogP contribution in [0.4, 0.5) is 5.69 Å². The van der Waals surface area contributed by atoms with Crippen molar-refractivity contribution in [3.05, 3.63) is 82.1 Å². The number of fused-ring (bicyclic) bond motifs is 1. The van der Waals surface area contributed by atoms with Gasteiger partial charge in [-0.15, -0.1) is 0 Å². The average Bonchev–Trinajstić information content (AvgIpc) is 2.98. The van der Waals surface area contributed by atoms with Gasteiger partial charge in [0.1, 0.15) is 0 Å². The molecule has 4 aromatic rings. The average molecular weight is 391 g/mol. The summed E-state index contributed by atoms with van der Waals surface area (Å²) in [4.78, 5) is 17.7. The summed E-state index contributed by atoms with van der Waals surface area (Å²) in [6, 6.07) is 16.9. The number of hydrogen-bond donors (Lipinski definition) is 1. The molecule has 0 atom stereocenters. The van der Waals surface area contributed by atoms with Crippen LogP contribution in [-0.2, 0) is 0 Å². The number of benzene rings is 2. The monoisotopic (exact) mass is 390 g/mol. The lowest BCUT2D eigenvalue weighted by Crippen LogP contribution is -2.13. The van der Waals surface area contributed by atoms with Crippen molar-refractivity contribution in [2.45, 2.75) is 20.8 Å². The van der Waals surface area contributed by atoms with Crippen LogP contribution in [-0.4, -0.2) is 20.7 Å². The number of nitrogens with one attached hydrogen (secondary N) is 1. The lowest BCUT2D eigenvalue weighted by atomic mass is 10.1. The number of aryl methyl sites for hydroxylation is 3. The molecule has 0 aliphatic heterocycles. The Balaban J connectivity index is 1.83. The summed E-state index contributed by atoms with van der Waals surface area (Å²) in [5.41, 5.74) is 5.42. The molecule has 0 spiro atoms. The van der Waals surface area contributed by atoms with E-state index >= 15 is 0 Å². The minimum atomic E-state index is -0.218. The lowest BCUT2D eigenvalue weighted by Gasteiger charge is -2.09. The van der Waals surface area contributed by atoms with Gasteiger partial charge in [-0.1, -0.05) is 35.4 Å². The van der Waals surface area contributed by atoms with Gasteiger partial charge in [-0.25, -0.2) is 9.67 Å². The maximum absolute atomic E-state index is 13.0. The van der Waals surface area contributed by atoms with Crippen molar-refractivity contribution in [2.24, 2.45) is 0 Å². The smallest absolute Gasteiger partial charge is 0.256 e. The summed E-state index contributed by atoms with van der Waals surface area (Å²) in [6.45, 7) is 5.80. The molecule has 6 heteroatoms. The molecule has 0 unspecified atom stereocenters. The van der Waals surface area contributed by atoms with Crippen LogP contribution in [0.1, 0.15) is 27.3 Å². The van der Waals surface area contributed by atoms with Crippen LogP contribution < -0.4 is 5.32 Å². The molecule has 0 aliphatic rings. The van der Waals surface area contributed by atoms with Gasteiger partial charge in [-0.3, -0.25) is 4.79 Å². The molecule has 5 nitrogen and oxygen atoms in total.